The molecule has 0 saturated heterocycles. The van der Waals surface area contributed by atoms with Crippen molar-refractivity contribution in [3.63, 3.8) is 0 Å². The lowest BCUT2D eigenvalue weighted by Gasteiger charge is -2.23. The maximum Gasteiger partial charge on any atom is 0.331 e. The van der Waals surface area contributed by atoms with Gasteiger partial charge in [0, 0.05) is 26.1 Å². The van der Waals surface area contributed by atoms with Gasteiger partial charge in [-0.05, 0) is 32.4 Å². The summed E-state index contributed by atoms with van der Waals surface area (Å²) in [6, 6.07) is 0. The van der Waals surface area contributed by atoms with Crippen LogP contribution in [0.25, 0.3) is 0 Å². The predicted molar refractivity (Wildman–Crippen MR) is 132 cm³/mol. The van der Waals surface area contributed by atoms with Crippen molar-refractivity contribution in [2.75, 3.05) is 13.2 Å². The van der Waals surface area contributed by atoms with Gasteiger partial charge in [-0.25, -0.2) is 0 Å². The second kappa shape index (κ2) is 22.4. The summed E-state index contributed by atoms with van der Waals surface area (Å²) in [5.41, 5.74) is 0. The van der Waals surface area contributed by atoms with E-state index in [1.165, 1.54) is 103 Å². The molecule has 0 spiro atoms. The fraction of sp³-hybridized carbons (Fsp3) is 0.923. The molecule has 0 amide bonds. The highest BCUT2D eigenvalue weighted by Gasteiger charge is 2.23. The van der Waals surface area contributed by atoms with E-state index in [1.54, 1.807) is 0 Å². The molecule has 172 valence electrons. The quantitative estimate of drug-likeness (QED) is 0.104. The van der Waals surface area contributed by atoms with E-state index < -0.39 is 8.56 Å². The zero-order chi connectivity index (χ0) is 21.5. The van der Waals surface area contributed by atoms with Crippen LogP contribution < -0.4 is 0 Å². The summed E-state index contributed by atoms with van der Waals surface area (Å²) < 4.78 is 12.2. The Balaban J connectivity index is 3.34. The average molecular weight is 425 g/mol. The van der Waals surface area contributed by atoms with Gasteiger partial charge in [-0.3, -0.25) is 0 Å². The summed E-state index contributed by atoms with van der Waals surface area (Å²) in [6.07, 6.45) is 23.5. The highest BCUT2D eigenvalue weighted by Crippen LogP contribution is 2.13. The molecule has 0 rings (SSSR count). The van der Waals surface area contributed by atoms with Gasteiger partial charge in [0.2, 0.25) is 0 Å². The predicted octanol–water partition coefficient (Wildman–Crippen LogP) is 8.79. The van der Waals surface area contributed by atoms with Crippen LogP contribution in [0.15, 0.2) is 0 Å². The molecule has 0 bridgehead atoms. The molecular formula is C26H52O2Si. The van der Waals surface area contributed by atoms with Crippen LogP contribution in [0.1, 0.15) is 129 Å². The summed E-state index contributed by atoms with van der Waals surface area (Å²) in [5.74, 6) is 6.37. The lowest BCUT2D eigenvalue weighted by Crippen LogP contribution is -2.35. The highest BCUT2D eigenvalue weighted by atomic mass is 28.4. The molecule has 3 heteroatoms. The minimum atomic E-state index is -1.91. The van der Waals surface area contributed by atoms with E-state index in [4.69, 9.17) is 8.85 Å². The molecular weight excluding hydrogens is 372 g/mol. The second-order valence-electron chi connectivity index (χ2n) is 8.86. The Labute approximate surface area is 185 Å². The molecule has 29 heavy (non-hydrogen) atoms. The Bertz CT molecular complexity index is 384. The van der Waals surface area contributed by atoms with Crippen molar-refractivity contribution in [1.29, 1.82) is 0 Å². The molecule has 0 N–H and O–H groups in total. The molecule has 0 fully saturated rings. The van der Waals surface area contributed by atoms with Gasteiger partial charge in [0.25, 0.3) is 0 Å². The molecule has 0 aromatic heterocycles. The van der Waals surface area contributed by atoms with E-state index >= 15 is 0 Å². The van der Waals surface area contributed by atoms with Gasteiger partial charge in [-0.1, -0.05) is 97.3 Å². The lowest BCUT2D eigenvalue weighted by atomic mass is 10.1. The van der Waals surface area contributed by atoms with Crippen molar-refractivity contribution in [1.82, 2.24) is 0 Å². The molecule has 0 unspecified atom stereocenters. The van der Waals surface area contributed by atoms with Crippen LogP contribution in [0.5, 0.6) is 0 Å². The summed E-state index contributed by atoms with van der Waals surface area (Å²) >= 11 is 0. The average Bonchev–Trinajstić information content (AvgIpc) is 2.70. The van der Waals surface area contributed by atoms with Gasteiger partial charge in [0.05, 0.1) is 0 Å². The fourth-order valence-electron chi connectivity index (χ4n) is 3.50. The third-order valence-corrected chi connectivity index (χ3v) is 7.19. The molecule has 0 atom stereocenters. The Kier molecular flexibility index (Phi) is 22.1. The second-order valence-corrected chi connectivity index (χ2v) is 12.2. The van der Waals surface area contributed by atoms with Crippen LogP contribution in [0.3, 0.4) is 0 Å². The standard InChI is InChI=1S/C26H52O2Si/c1-5-7-9-11-13-15-17-19-21-23-25-27-29(3,4)28-26-24-22-20-18-16-14-12-10-8-6-2/h5-7,9,11-26H2,1-4H3. The Morgan fingerprint density at radius 1 is 0.517 bits per heavy atom. The molecule has 0 aromatic carbocycles. The molecule has 0 aliphatic heterocycles. The number of hydrogen-bond donors (Lipinski definition) is 0. The van der Waals surface area contributed by atoms with Gasteiger partial charge in [-0.2, -0.15) is 0 Å². The topological polar surface area (TPSA) is 18.5 Å². The summed E-state index contributed by atoms with van der Waals surface area (Å²) in [4.78, 5) is 0. The minimum Gasteiger partial charge on any atom is -0.395 e. The molecule has 0 radical (unpaired) electrons. The first-order valence-electron chi connectivity index (χ1n) is 12.9. The SMILES string of the molecule is CCC#CCCCCCCCCO[Si](C)(C)OCCCCCCCCCCCC. The zero-order valence-corrected chi connectivity index (χ0v) is 21.5. The van der Waals surface area contributed by atoms with Crippen molar-refractivity contribution in [3.05, 3.63) is 0 Å². The van der Waals surface area contributed by atoms with Crippen molar-refractivity contribution in [2.24, 2.45) is 0 Å². The lowest BCUT2D eigenvalue weighted by molar-refractivity contribution is 0.172. The van der Waals surface area contributed by atoms with E-state index in [-0.39, 0.29) is 0 Å². The van der Waals surface area contributed by atoms with E-state index in [1.807, 2.05) is 0 Å². The van der Waals surface area contributed by atoms with Crippen molar-refractivity contribution < 1.29 is 8.85 Å². The summed E-state index contributed by atoms with van der Waals surface area (Å²) in [6.45, 7) is 10.5. The van der Waals surface area contributed by atoms with Gasteiger partial charge in [-0.15, -0.1) is 11.8 Å². The largest absolute Gasteiger partial charge is 0.395 e. The third-order valence-electron chi connectivity index (χ3n) is 5.40. The maximum atomic E-state index is 6.10. The molecule has 0 aliphatic rings. The Morgan fingerprint density at radius 2 is 0.931 bits per heavy atom. The van der Waals surface area contributed by atoms with Crippen LogP contribution in [0.2, 0.25) is 13.1 Å². The van der Waals surface area contributed by atoms with Crippen LogP contribution in [-0.4, -0.2) is 21.8 Å². The van der Waals surface area contributed by atoms with E-state index in [2.05, 4.69) is 38.8 Å². The van der Waals surface area contributed by atoms with E-state index in [9.17, 15) is 0 Å². The first kappa shape index (κ1) is 28.7. The summed E-state index contributed by atoms with van der Waals surface area (Å²) in [5, 5.41) is 0. The van der Waals surface area contributed by atoms with Gasteiger partial charge in [0.15, 0.2) is 0 Å². The molecule has 0 aliphatic carbocycles. The Hall–Kier alpha value is -0.303. The minimum absolute atomic E-state index is 0.874. The normalized spacial score (nSPS) is 11.4. The van der Waals surface area contributed by atoms with Crippen molar-refractivity contribution in [3.8, 4) is 11.8 Å². The third kappa shape index (κ3) is 23.8. The molecule has 0 aromatic rings. The van der Waals surface area contributed by atoms with Crippen molar-refractivity contribution in [2.45, 2.75) is 143 Å². The smallest absolute Gasteiger partial charge is 0.331 e. The first-order valence-corrected chi connectivity index (χ1v) is 15.7. The van der Waals surface area contributed by atoms with Gasteiger partial charge in [0.1, 0.15) is 0 Å². The fourth-order valence-corrected chi connectivity index (χ4v) is 4.86. The summed E-state index contributed by atoms with van der Waals surface area (Å²) in [7, 11) is -1.91. The Morgan fingerprint density at radius 3 is 1.38 bits per heavy atom. The first-order chi connectivity index (χ1) is 14.1. The van der Waals surface area contributed by atoms with E-state index in [0.29, 0.717) is 0 Å². The number of rotatable bonds is 21. The van der Waals surface area contributed by atoms with Gasteiger partial charge < -0.3 is 8.85 Å². The van der Waals surface area contributed by atoms with Crippen molar-refractivity contribution >= 4 is 8.56 Å². The number of unbranched alkanes of at least 4 members (excludes halogenated alkanes) is 15. The number of hydrogen-bond acceptors (Lipinski definition) is 2. The van der Waals surface area contributed by atoms with Gasteiger partial charge >= 0.3 is 8.56 Å². The molecule has 0 heterocycles. The van der Waals surface area contributed by atoms with Crippen LogP contribution in [0.4, 0.5) is 0 Å². The van der Waals surface area contributed by atoms with E-state index in [0.717, 1.165) is 26.1 Å². The maximum absolute atomic E-state index is 6.10. The van der Waals surface area contributed by atoms with Crippen LogP contribution in [-0.2, 0) is 8.85 Å². The monoisotopic (exact) mass is 424 g/mol. The van der Waals surface area contributed by atoms with Crippen LogP contribution >= 0.6 is 0 Å². The molecule has 0 saturated carbocycles. The van der Waals surface area contributed by atoms with Crippen LogP contribution in [0, 0.1) is 11.8 Å². The molecule has 2 nitrogen and oxygen atoms in total. The zero-order valence-electron chi connectivity index (χ0n) is 20.5. The highest BCUT2D eigenvalue weighted by molar-refractivity contribution is 6.64.